The highest BCUT2D eigenvalue weighted by Crippen LogP contribution is 2.38. The lowest BCUT2D eigenvalue weighted by atomic mass is 9.82. The number of benzene rings is 2. The van der Waals surface area contributed by atoms with Gasteiger partial charge in [-0.25, -0.2) is 0 Å². The maximum absolute atomic E-state index is 11.1. The van der Waals surface area contributed by atoms with E-state index in [2.05, 4.69) is 93.5 Å². The summed E-state index contributed by atoms with van der Waals surface area (Å²) in [6.45, 7) is 21.8. The van der Waals surface area contributed by atoms with Crippen molar-refractivity contribution in [1.82, 2.24) is 0 Å². The van der Waals surface area contributed by atoms with Crippen LogP contribution in [0, 0.1) is 0 Å². The molecule has 0 bridgehead atoms. The highest BCUT2D eigenvalue weighted by atomic mass is 16.3. The Labute approximate surface area is 244 Å². The molecule has 0 spiro atoms. The quantitative estimate of drug-likeness (QED) is 0.324. The molecule has 0 saturated heterocycles. The maximum Gasteiger partial charge on any atom is 0.128 e. The Morgan fingerprint density at radius 1 is 0.675 bits per heavy atom. The smallest absolute Gasteiger partial charge is 0.128 e. The molecule has 2 atom stereocenters. The van der Waals surface area contributed by atoms with Crippen LogP contribution in [-0.4, -0.2) is 34.7 Å². The van der Waals surface area contributed by atoms with Crippen molar-refractivity contribution in [3.63, 3.8) is 0 Å². The fourth-order valence-electron chi connectivity index (χ4n) is 5.47. The molecule has 4 heteroatoms. The number of nitrogens with zero attached hydrogens (tertiary/aromatic N) is 2. The first-order valence-corrected chi connectivity index (χ1v) is 15.5. The molecule has 1 aliphatic rings. The second kappa shape index (κ2) is 12.9. The number of hydrogen-bond donors (Lipinski definition) is 2. The van der Waals surface area contributed by atoms with Gasteiger partial charge in [0.15, 0.2) is 0 Å². The molecule has 0 heterocycles. The van der Waals surface area contributed by atoms with Gasteiger partial charge in [-0.3, -0.25) is 9.98 Å². The van der Waals surface area contributed by atoms with Crippen molar-refractivity contribution in [2.45, 2.75) is 143 Å². The van der Waals surface area contributed by atoms with Gasteiger partial charge in [-0.05, 0) is 84.5 Å². The first kappa shape index (κ1) is 31.9. The topological polar surface area (TPSA) is 65.2 Å². The van der Waals surface area contributed by atoms with Crippen LogP contribution in [0.4, 0.5) is 0 Å². The Bertz CT molecular complexity index is 1110. The number of phenols is 2. The van der Waals surface area contributed by atoms with Gasteiger partial charge >= 0.3 is 0 Å². The zero-order chi connectivity index (χ0) is 29.8. The van der Waals surface area contributed by atoms with Crippen molar-refractivity contribution >= 4 is 12.4 Å². The number of aromatic hydroxyl groups is 2. The molecule has 2 N–H and O–H groups in total. The zero-order valence-corrected chi connectivity index (χ0v) is 26.8. The van der Waals surface area contributed by atoms with Gasteiger partial charge in [-0.2, -0.15) is 0 Å². The molecule has 2 unspecified atom stereocenters. The van der Waals surface area contributed by atoms with Crippen molar-refractivity contribution < 1.29 is 10.2 Å². The fourth-order valence-corrected chi connectivity index (χ4v) is 5.47. The van der Waals surface area contributed by atoms with Gasteiger partial charge in [0.25, 0.3) is 0 Å². The van der Waals surface area contributed by atoms with E-state index in [1.165, 1.54) is 11.1 Å². The average molecular weight is 547 g/mol. The van der Waals surface area contributed by atoms with E-state index in [0.29, 0.717) is 23.3 Å². The molecule has 0 aliphatic heterocycles. The van der Waals surface area contributed by atoms with Crippen LogP contribution in [0.25, 0.3) is 0 Å². The van der Waals surface area contributed by atoms with Crippen molar-refractivity contribution in [2.75, 3.05) is 0 Å². The summed E-state index contributed by atoms with van der Waals surface area (Å²) >= 11 is 0. The van der Waals surface area contributed by atoms with E-state index < -0.39 is 0 Å². The van der Waals surface area contributed by atoms with Gasteiger partial charge in [-0.1, -0.05) is 81.4 Å². The Morgan fingerprint density at radius 2 is 1.00 bits per heavy atom. The molecular formula is C36H54N2O2. The first-order valence-electron chi connectivity index (χ1n) is 15.5. The van der Waals surface area contributed by atoms with E-state index >= 15 is 0 Å². The van der Waals surface area contributed by atoms with Crippen LogP contribution in [0.15, 0.2) is 34.3 Å². The minimum absolute atomic E-state index is 0.137. The summed E-state index contributed by atoms with van der Waals surface area (Å²) in [6, 6.07) is 9.06. The monoisotopic (exact) mass is 546 g/mol. The van der Waals surface area contributed by atoms with Gasteiger partial charge in [0.2, 0.25) is 0 Å². The summed E-state index contributed by atoms with van der Waals surface area (Å²) in [6.07, 6.45) is 9.82. The third-order valence-corrected chi connectivity index (χ3v) is 8.82. The van der Waals surface area contributed by atoms with Crippen LogP contribution >= 0.6 is 0 Å². The molecule has 2 aromatic carbocycles. The van der Waals surface area contributed by atoms with Crippen molar-refractivity contribution in [3.05, 3.63) is 57.6 Å². The summed E-state index contributed by atoms with van der Waals surface area (Å²) in [5.41, 5.74) is 5.88. The highest BCUT2D eigenvalue weighted by Gasteiger charge is 2.25. The Balaban J connectivity index is 1.74. The average Bonchev–Trinajstić information content (AvgIpc) is 2.90. The lowest BCUT2D eigenvalue weighted by molar-refractivity contribution is 0.399. The number of aliphatic imine (C=N–C) groups is 2. The van der Waals surface area contributed by atoms with Gasteiger partial charge < -0.3 is 10.2 Å². The third kappa shape index (κ3) is 7.77. The third-order valence-electron chi connectivity index (χ3n) is 8.82. The second-order valence-electron chi connectivity index (χ2n) is 14.1. The molecular weight excluding hydrogens is 492 g/mol. The van der Waals surface area contributed by atoms with E-state index in [9.17, 15) is 10.2 Å². The van der Waals surface area contributed by atoms with Crippen LogP contribution < -0.4 is 0 Å². The Morgan fingerprint density at radius 3 is 1.27 bits per heavy atom. The summed E-state index contributed by atoms with van der Waals surface area (Å²) < 4.78 is 0. The van der Waals surface area contributed by atoms with Crippen LogP contribution in [0.5, 0.6) is 11.5 Å². The van der Waals surface area contributed by atoms with Crippen LogP contribution in [0.1, 0.15) is 153 Å². The first-order chi connectivity index (χ1) is 18.6. The summed E-state index contributed by atoms with van der Waals surface area (Å²) in [4.78, 5) is 9.87. The fraction of sp³-hybridized carbons (Fsp3) is 0.611. The second-order valence-corrected chi connectivity index (χ2v) is 14.1. The van der Waals surface area contributed by atoms with E-state index in [1.807, 2.05) is 12.4 Å². The van der Waals surface area contributed by atoms with Gasteiger partial charge in [0.1, 0.15) is 11.5 Å². The summed E-state index contributed by atoms with van der Waals surface area (Å²) in [7, 11) is 0. The van der Waals surface area contributed by atoms with Crippen molar-refractivity contribution in [2.24, 2.45) is 9.98 Å². The largest absolute Gasteiger partial charge is 0.507 e. The maximum atomic E-state index is 11.1. The molecule has 3 rings (SSSR count). The molecule has 220 valence electrons. The van der Waals surface area contributed by atoms with Gasteiger partial charge in [0.05, 0.1) is 12.1 Å². The minimum Gasteiger partial charge on any atom is -0.507 e. The van der Waals surface area contributed by atoms with Crippen LogP contribution in [0.2, 0.25) is 0 Å². The SMILES string of the molecule is CCC(C)c1cc(C=NC2CCC(N=Cc3cc(C(C)CC)cc(C(C)(C)C)c3O)CC2)c(O)c(C(C)(C)C)c1. The van der Waals surface area contributed by atoms with Gasteiger partial charge in [0, 0.05) is 34.7 Å². The molecule has 0 aromatic heterocycles. The molecule has 4 nitrogen and oxygen atoms in total. The zero-order valence-electron chi connectivity index (χ0n) is 26.8. The number of rotatable bonds is 8. The van der Waals surface area contributed by atoms with E-state index in [-0.39, 0.29) is 22.9 Å². The van der Waals surface area contributed by atoms with Crippen molar-refractivity contribution in [3.8, 4) is 11.5 Å². The molecule has 1 saturated carbocycles. The highest BCUT2D eigenvalue weighted by molar-refractivity contribution is 5.86. The Hall–Kier alpha value is -2.62. The lowest BCUT2D eigenvalue weighted by Crippen LogP contribution is -2.20. The predicted molar refractivity (Wildman–Crippen MR) is 172 cm³/mol. The van der Waals surface area contributed by atoms with E-state index in [1.54, 1.807) is 0 Å². The van der Waals surface area contributed by atoms with E-state index in [0.717, 1.165) is 60.8 Å². The van der Waals surface area contributed by atoms with Crippen LogP contribution in [0.3, 0.4) is 0 Å². The van der Waals surface area contributed by atoms with Crippen LogP contribution in [-0.2, 0) is 10.8 Å². The molecule has 1 fully saturated rings. The molecule has 1 aliphatic carbocycles. The molecule has 40 heavy (non-hydrogen) atoms. The van der Waals surface area contributed by atoms with Crippen molar-refractivity contribution in [1.29, 1.82) is 0 Å². The number of phenolic OH excluding ortho intramolecular Hbond substituents is 2. The van der Waals surface area contributed by atoms with E-state index in [4.69, 9.17) is 9.98 Å². The molecule has 2 aromatic rings. The summed E-state index contributed by atoms with van der Waals surface area (Å²) in [5.74, 6) is 1.59. The predicted octanol–water partition coefficient (Wildman–Crippen LogP) is 9.57. The summed E-state index contributed by atoms with van der Waals surface area (Å²) in [5, 5.41) is 22.2. The normalized spacial score (nSPS) is 20.4. The Kier molecular flexibility index (Phi) is 10.3. The molecule has 0 radical (unpaired) electrons. The molecule has 0 amide bonds. The standard InChI is InChI=1S/C36H54N2O2/c1-11-23(3)25-17-27(33(39)31(19-25)35(5,6)7)21-37-29-13-15-30(16-14-29)38-22-28-18-26(24(4)12-2)20-32(34(28)40)36(8,9)10/h17-24,29-30,39-40H,11-16H2,1-10H3. The van der Waals surface area contributed by atoms with Gasteiger partial charge in [-0.15, -0.1) is 0 Å². The number of hydrogen-bond acceptors (Lipinski definition) is 4. The lowest BCUT2D eigenvalue weighted by Gasteiger charge is -2.25. The minimum atomic E-state index is -0.137.